The molecule has 0 aromatic heterocycles. The summed E-state index contributed by atoms with van der Waals surface area (Å²) in [6.45, 7) is 0. The van der Waals surface area contributed by atoms with Gasteiger partial charge in [-0.3, -0.25) is 9.59 Å². The minimum Gasteiger partial charge on any atom is -0.481 e. The SMILES string of the molecule is O=C(O)CC1C(=O)C=NSc2ccccc21. The van der Waals surface area contributed by atoms with Crippen molar-refractivity contribution in [2.75, 3.05) is 0 Å². The number of hydrogen-bond acceptors (Lipinski definition) is 4. The number of hydrogen-bond donors (Lipinski definition) is 1. The molecule has 16 heavy (non-hydrogen) atoms. The van der Waals surface area contributed by atoms with Crippen molar-refractivity contribution < 1.29 is 14.7 Å². The van der Waals surface area contributed by atoms with Gasteiger partial charge in [0.2, 0.25) is 0 Å². The van der Waals surface area contributed by atoms with Gasteiger partial charge in [0.05, 0.1) is 18.6 Å². The van der Waals surface area contributed by atoms with Crippen LogP contribution >= 0.6 is 11.9 Å². The molecule has 1 aromatic carbocycles. The standard InChI is InChI=1S/C11H9NO3S/c13-9-6-12-16-10-4-2-1-3-7(10)8(9)5-11(14)15/h1-4,6,8H,5H2,(H,14,15). The first-order chi connectivity index (χ1) is 7.68. The summed E-state index contributed by atoms with van der Waals surface area (Å²) in [5.74, 6) is -1.85. The molecule has 1 atom stereocenters. The summed E-state index contributed by atoms with van der Waals surface area (Å²) >= 11 is 1.20. The molecule has 0 spiro atoms. The number of aliphatic carboxylic acids is 1. The Balaban J connectivity index is 2.44. The maximum atomic E-state index is 11.7. The Labute approximate surface area is 96.5 Å². The third-order valence-corrected chi connectivity index (χ3v) is 3.13. The van der Waals surface area contributed by atoms with Crippen LogP contribution < -0.4 is 0 Å². The third-order valence-electron chi connectivity index (χ3n) is 2.35. The van der Waals surface area contributed by atoms with Crippen LogP contribution in [0.4, 0.5) is 0 Å². The second kappa shape index (κ2) is 4.49. The van der Waals surface area contributed by atoms with E-state index in [0.29, 0.717) is 0 Å². The van der Waals surface area contributed by atoms with E-state index in [0.717, 1.165) is 10.5 Å². The lowest BCUT2D eigenvalue weighted by molar-refractivity contribution is -0.138. The predicted octanol–water partition coefficient (Wildman–Crippen LogP) is 1.91. The summed E-state index contributed by atoms with van der Waals surface area (Å²) in [6.07, 6.45) is 1.01. The van der Waals surface area contributed by atoms with Crippen molar-refractivity contribution in [3.8, 4) is 0 Å². The molecule has 1 aliphatic rings. The molecule has 1 unspecified atom stereocenters. The van der Waals surface area contributed by atoms with Crippen molar-refractivity contribution >= 4 is 29.9 Å². The Morgan fingerprint density at radius 3 is 2.94 bits per heavy atom. The van der Waals surface area contributed by atoms with Crippen molar-refractivity contribution in [2.45, 2.75) is 17.2 Å². The van der Waals surface area contributed by atoms with E-state index in [1.165, 1.54) is 18.2 Å². The summed E-state index contributed by atoms with van der Waals surface area (Å²) in [5.41, 5.74) is 0.748. The smallest absolute Gasteiger partial charge is 0.304 e. The van der Waals surface area contributed by atoms with Gasteiger partial charge in [0.25, 0.3) is 0 Å². The summed E-state index contributed by atoms with van der Waals surface area (Å²) in [6, 6.07) is 7.26. The number of Topliss-reactive ketones (excluding diaryl/α,β-unsaturated/α-hetero) is 1. The molecule has 1 aliphatic heterocycles. The van der Waals surface area contributed by atoms with Crippen LogP contribution in [0.5, 0.6) is 0 Å². The molecule has 2 rings (SSSR count). The molecule has 1 N–H and O–H groups in total. The van der Waals surface area contributed by atoms with Crippen LogP contribution in [0.25, 0.3) is 0 Å². The number of benzene rings is 1. The van der Waals surface area contributed by atoms with Crippen LogP contribution in [0.1, 0.15) is 17.9 Å². The van der Waals surface area contributed by atoms with Crippen LogP contribution in [0.2, 0.25) is 0 Å². The van der Waals surface area contributed by atoms with Gasteiger partial charge in [0.15, 0.2) is 5.78 Å². The highest BCUT2D eigenvalue weighted by molar-refractivity contribution is 7.98. The Morgan fingerprint density at radius 2 is 2.19 bits per heavy atom. The predicted molar refractivity (Wildman–Crippen MR) is 60.8 cm³/mol. The number of carbonyl (C=O) groups excluding carboxylic acids is 1. The molecule has 5 heteroatoms. The minimum atomic E-state index is -0.978. The zero-order valence-electron chi connectivity index (χ0n) is 8.29. The van der Waals surface area contributed by atoms with Gasteiger partial charge in [0.1, 0.15) is 0 Å². The van der Waals surface area contributed by atoms with Gasteiger partial charge in [-0.25, -0.2) is 4.40 Å². The van der Waals surface area contributed by atoms with Crippen molar-refractivity contribution in [3.63, 3.8) is 0 Å². The molecule has 1 aromatic rings. The number of nitrogens with zero attached hydrogens (tertiary/aromatic N) is 1. The maximum Gasteiger partial charge on any atom is 0.304 e. The Morgan fingerprint density at radius 1 is 1.44 bits per heavy atom. The number of carboxylic acids is 1. The van der Waals surface area contributed by atoms with E-state index >= 15 is 0 Å². The second-order valence-corrected chi connectivity index (χ2v) is 4.25. The fourth-order valence-corrected chi connectivity index (χ4v) is 2.34. The van der Waals surface area contributed by atoms with Crippen molar-refractivity contribution in [1.29, 1.82) is 0 Å². The van der Waals surface area contributed by atoms with Gasteiger partial charge in [-0.05, 0) is 11.6 Å². The summed E-state index contributed by atoms with van der Waals surface area (Å²) in [7, 11) is 0. The molecule has 1 heterocycles. The van der Waals surface area contributed by atoms with Gasteiger partial charge in [-0.2, -0.15) is 0 Å². The molecule has 82 valence electrons. The molecule has 4 nitrogen and oxygen atoms in total. The lowest BCUT2D eigenvalue weighted by atomic mass is 9.92. The van der Waals surface area contributed by atoms with Gasteiger partial charge >= 0.3 is 5.97 Å². The first-order valence-electron chi connectivity index (χ1n) is 4.73. The Hall–Kier alpha value is -1.62. The van der Waals surface area contributed by atoms with E-state index in [9.17, 15) is 9.59 Å². The lowest BCUT2D eigenvalue weighted by Gasteiger charge is -2.12. The van der Waals surface area contributed by atoms with Crippen LogP contribution in [-0.2, 0) is 9.59 Å². The average Bonchev–Trinajstić information content (AvgIpc) is 2.40. The molecular weight excluding hydrogens is 226 g/mol. The van der Waals surface area contributed by atoms with E-state index in [4.69, 9.17) is 5.11 Å². The number of rotatable bonds is 2. The maximum absolute atomic E-state index is 11.7. The first kappa shape index (κ1) is 10.9. The molecular formula is C11H9NO3S. The molecule has 0 fully saturated rings. The zero-order valence-corrected chi connectivity index (χ0v) is 9.11. The summed E-state index contributed by atoms with van der Waals surface area (Å²) < 4.78 is 3.90. The van der Waals surface area contributed by atoms with E-state index in [-0.39, 0.29) is 12.2 Å². The van der Waals surface area contributed by atoms with Crippen LogP contribution in [0.15, 0.2) is 33.6 Å². The van der Waals surface area contributed by atoms with Crippen LogP contribution in [0.3, 0.4) is 0 Å². The molecule has 0 radical (unpaired) electrons. The zero-order chi connectivity index (χ0) is 11.5. The third kappa shape index (κ3) is 2.14. The van der Waals surface area contributed by atoms with E-state index in [1.807, 2.05) is 12.1 Å². The van der Waals surface area contributed by atoms with Gasteiger partial charge < -0.3 is 5.11 Å². The number of carboxylic acid groups (broad SMARTS) is 1. The van der Waals surface area contributed by atoms with Crippen LogP contribution in [-0.4, -0.2) is 23.1 Å². The Kier molecular flexibility index (Phi) is 3.05. The quantitative estimate of drug-likeness (QED) is 0.795. The minimum absolute atomic E-state index is 0.192. The number of carbonyl (C=O) groups is 2. The first-order valence-corrected chi connectivity index (χ1v) is 5.51. The molecule has 0 saturated carbocycles. The highest BCUT2D eigenvalue weighted by Crippen LogP contribution is 2.33. The highest BCUT2D eigenvalue weighted by Gasteiger charge is 2.26. The monoisotopic (exact) mass is 235 g/mol. The lowest BCUT2D eigenvalue weighted by Crippen LogP contribution is -2.17. The fourth-order valence-electron chi connectivity index (χ4n) is 1.62. The van der Waals surface area contributed by atoms with Gasteiger partial charge in [0, 0.05) is 16.8 Å². The Bertz CT molecular complexity index is 470. The number of ketones is 1. The number of fused-ring (bicyclic) bond motifs is 1. The van der Waals surface area contributed by atoms with Crippen molar-refractivity contribution in [3.05, 3.63) is 29.8 Å². The normalized spacial score (nSPS) is 19.0. The molecule has 0 bridgehead atoms. The highest BCUT2D eigenvalue weighted by atomic mass is 32.2. The topological polar surface area (TPSA) is 66.7 Å². The van der Waals surface area contributed by atoms with Crippen molar-refractivity contribution in [1.82, 2.24) is 0 Å². The molecule has 0 amide bonds. The van der Waals surface area contributed by atoms with Gasteiger partial charge in [-0.15, -0.1) is 0 Å². The van der Waals surface area contributed by atoms with Crippen LogP contribution in [0, 0.1) is 0 Å². The summed E-state index contributed by atoms with van der Waals surface area (Å²) in [4.78, 5) is 23.3. The molecule has 0 saturated heterocycles. The largest absolute Gasteiger partial charge is 0.481 e. The van der Waals surface area contributed by atoms with E-state index in [2.05, 4.69) is 4.40 Å². The van der Waals surface area contributed by atoms with E-state index < -0.39 is 11.9 Å². The average molecular weight is 235 g/mol. The van der Waals surface area contributed by atoms with Gasteiger partial charge in [-0.1, -0.05) is 18.2 Å². The fraction of sp³-hybridized carbons (Fsp3) is 0.182. The summed E-state index contributed by atoms with van der Waals surface area (Å²) in [5, 5.41) is 8.80. The van der Waals surface area contributed by atoms with Crippen molar-refractivity contribution in [2.24, 2.45) is 4.40 Å². The molecule has 0 aliphatic carbocycles. The second-order valence-electron chi connectivity index (χ2n) is 3.42. The van der Waals surface area contributed by atoms with E-state index in [1.54, 1.807) is 12.1 Å².